The number of hydrazine groups is 1. The summed E-state index contributed by atoms with van der Waals surface area (Å²) in [6.45, 7) is 2.53. The summed E-state index contributed by atoms with van der Waals surface area (Å²) in [4.78, 5) is 40.2. The number of carbonyl (C=O) groups is 3. The molecule has 1 aromatic carbocycles. The predicted octanol–water partition coefficient (Wildman–Crippen LogP) is 4.25. The Morgan fingerprint density at radius 1 is 1.00 bits per heavy atom. The van der Waals surface area contributed by atoms with E-state index >= 15 is 0 Å². The Bertz CT molecular complexity index is 928. The van der Waals surface area contributed by atoms with Crippen LogP contribution in [0.15, 0.2) is 48.8 Å². The first-order valence-corrected chi connectivity index (χ1v) is 12.0. The van der Waals surface area contributed by atoms with E-state index in [1.54, 1.807) is 18.3 Å². The van der Waals surface area contributed by atoms with Crippen molar-refractivity contribution < 1.29 is 19.1 Å². The summed E-state index contributed by atoms with van der Waals surface area (Å²) in [5.74, 6) is 0.393. The van der Waals surface area contributed by atoms with Gasteiger partial charge in [-0.3, -0.25) is 30.2 Å². The van der Waals surface area contributed by atoms with Crippen LogP contribution in [0.5, 0.6) is 5.75 Å². The van der Waals surface area contributed by atoms with Gasteiger partial charge in [0, 0.05) is 30.9 Å². The van der Waals surface area contributed by atoms with E-state index in [1.807, 2.05) is 31.2 Å². The van der Waals surface area contributed by atoms with Gasteiger partial charge in [-0.05, 0) is 54.7 Å². The summed E-state index contributed by atoms with van der Waals surface area (Å²) in [6.07, 6.45) is 11.0. The van der Waals surface area contributed by atoms with Crippen molar-refractivity contribution in [2.75, 3.05) is 11.9 Å². The maximum Gasteiger partial charge on any atom is 0.271 e. The molecule has 0 radical (unpaired) electrons. The lowest BCUT2D eigenvalue weighted by atomic mass is 9.87. The van der Waals surface area contributed by atoms with E-state index < -0.39 is 5.91 Å². The maximum absolute atomic E-state index is 12.3. The molecule has 2 aromatic rings. The van der Waals surface area contributed by atoms with Gasteiger partial charge in [0.1, 0.15) is 5.75 Å². The molecule has 3 N–H and O–H groups in total. The highest BCUT2D eigenvalue weighted by molar-refractivity contribution is 5.95. The lowest BCUT2D eigenvalue weighted by Crippen LogP contribution is -2.42. The fourth-order valence-corrected chi connectivity index (χ4v) is 4.12. The average Bonchev–Trinajstić information content (AvgIpc) is 2.84. The number of pyridine rings is 1. The van der Waals surface area contributed by atoms with Crippen LogP contribution in [-0.4, -0.2) is 29.3 Å². The molecule has 1 aromatic heterocycles. The van der Waals surface area contributed by atoms with Crippen molar-refractivity contribution in [3.05, 3.63) is 54.4 Å². The summed E-state index contributed by atoms with van der Waals surface area (Å²) in [5.41, 5.74) is 5.74. The minimum absolute atomic E-state index is 0.106. The molecule has 0 bridgehead atoms. The summed E-state index contributed by atoms with van der Waals surface area (Å²) in [7, 11) is 0. The third-order valence-electron chi connectivity index (χ3n) is 5.96. The van der Waals surface area contributed by atoms with Crippen LogP contribution in [0.3, 0.4) is 0 Å². The summed E-state index contributed by atoms with van der Waals surface area (Å²) >= 11 is 0. The second-order valence-electron chi connectivity index (χ2n) is 8.97. The minimum atomic E-state index is -0.451. The van der Waals surface area contributed by atoms with Crippen LogP contribution >= 0.6 is 0 Å². The van der Waals surface area contributed by atoms with Gasteiger partial charge >= 0.3 is 0 Å². The Kier molecular flexibility index (Phi) is 9.88. The fraction of sp³-hybridized carbons (Fsp3) is 0.462. The van der Waals surface area contributed by atoms with Gasteiger partial charge in [0.05, 0.1) is 12.2 Å². The minimum Gasteiger partial charge on any atom is -0.494 e. The molecule has 0 saturated heterocycles. The molecule has 1 aliphatic carbocycles. The van der Waals surface area contributed by atoms with Gasteiger partial charge in [-0.15, -0.1) is 0 Å². The zero-order valence-electron chi connectivity index (χ0n) is 19.7. The molecule has 1 fully saturated rings. The van der Waals surface area contributed by atoms with Crippen molar-refractivity contribution in [2.45, 2.75) is 58.3 Å². The maximum atomic E-state index is 12.3. The van der Waals surface area contributed by atoms with Crippen molar-refractivity contribution in [3.8, 4) is 5.75 Å². The Balaban J connectivity index is 1.32. The number of carbonyl (C=O) groups excluding carboxylic acids is 3. The number of anilines is 1. The van der Waals surface area contributed by atoms with E-state index in [0.29, 0.717) is 11.3 Å². The lowest BCUT2D eigenvalue weighted by molar-refractivity contribution is -0.123. The largest absolute Gasteiger partial charge is 0.494 e. The van der Waals surface area contributed by atoms with E-state index in [4.69, 9.17) is 4.74 Å². The second kappa shape index (κ2) is 13.3. The molecule has 0 aliphatic heterocycles. The third kappa shape index (κ3) is 8.84. The van der Waals surface area contributed by atoms with Gasteiger partial charge in [-0.1, -0.05) is 39.0 Å². The van der Waals surface area contributed by atoms with E-state index in [-0.39, 0.29) is 30.6 Å². The van der Waals surface area contributed by atoms with Crippen LogP contribution in [0.25, 0.3) is 0 Å². The van der Waals surface area contributed by atoms with Crippen LogP contribution in [0.1, 0.15) is 68.6 Å². The van der Waals surface area contributed by atoms with Gasteiger partial charge in [0.2, 0.25) is 11.8 Å². The Morgan fingerprint density at radius 2 is 1.74 bits per heavy atom. The summed E-state index contributed by atoms with van der Waals surface area (Å²) < 4.78 is 5.85. The molecule has 34 heavy (non-hydrogen) atoms. The number of ether oxygens (including phenoxy) is 1. The SMILES string of the molecule is CC(CC(=O)NNC(=O)c1cccnc1)CC(=O)Nc1ccc(OCCC2CCCCC2)cc1. The molecular formula is C26H34N4O4. The first-order valence-electron chi connectivity index (χ1n) is 12.0. The van der Waals surface area contributed by atoms with Crippen molar-refractivity contribution in [3.63, 3.8) is 0 Å². The van der Waals surface area contributed by atoms with Gasteiger partial charge in [0.25, 0.3) is 5.91 Å². The Labute approximate surface area is 200 Å². The molecule has 1 atom stereocenters. The molecule has 1 heterocycles. The molecule has 1 aliphatic rings. The van der Waals surface area contributed by atoms with Crippen LogP contribution < -0.4 is 20.9 Å². The molecule has 3 rings (SSSR count). The normalized spacial score (nSPS) is 14.6. The molecular weight excluding hydrogens is 432 g/mol. The smallest absolute Gasteiger partial charge is 0.271 e. The van der Waals surface area contributed by atoms with E-state index in [0.717, 1.165) is 24.7 Å². The highest BCUT2D eigenvalue weighted by Gasteiger charge is 2.15. The Hall–Kier alpha value is -3.42. The van der Waals surface area contributed by atoms with Crippen LogP contribution in [0.4, 0.5) is 5.69 Å². The number of nitrogens with one attached hydrogen (secondary N) is 3. The number of benzene rings is 1. The average molecular weight is 467 g/mol. The summed E-state index contributed by atoms with van der Waals surface area (Å²) in [5, 5.41) is 2.85. The van der Waals surface area contributed by atoms with Crippen molar-refractivity contribution >= 4 is 23.4 Å². The van der Waals surface area contributed by atoms with Gasteiger partial charge in [-0.2, -0.15) is 0 Å². The molecule has 3 amide bonds. The number of rotatable bonds is 10. The lowest BCUT2D eigenvalue weighted by Gasteiger charge is -2.21. The van der Waals surface area contributed by atoms with E-state index in [9.17, 15) is 14.4 Å². The zero-order valence-corrected chi connectivity index (χ0v) is 19.7. The van der Waals surface area contributed by atoms with Gasteiger partial charge < -0.3 is 10.1 Å². The van der Waals surface area contributed by atoms with Gasteiger partial charge in [0.15, 0.2) is 0 Å². The highest BCUT2D eigenvalue weighted by atomic mass is 16.5. The van der Waals surface area contributed by atoms with Crippen LogP contribution in [-0.2, 0) is 9.59 Å². The summed E-state index contributed by atoms with van der Waals surface area (Å²) in [6, 6.07) is 10.6. The Morgan fingerprint density at radius 3 is 2.44 bits per heavy atom. The van der Waals surface area contributed by atoms with E-state index in [2.05, 4.69) is 21.2 Å². The first kappa shape index (κ1) is 25.2. The highest BCUT2D eigenvalue weighted by Crippen LogP contribution is 2.26. The third-order valence-corrected chi connectivity index (χ3v) is 5.96. The number of amides is 3. The van der Waals surface area contributed by atoms with Crippen molar-refractivity contribution in [1.29, 1.82) is 0 Å². The predicted molar refractivity (Wildman–Crippen MR) is 130 cm³/mol. The molecule has 8 heteroatoms. The van der Waals surface area contributed by atoms with Crippen LogP contribution in [0.2, 0.25) is 0 Å². The quantitative estimate of drug-likeness (QED) is 0.454. The molecule has 1 unspecified atom stereocenters. The van der Waals surface area contributed by atoms with Crippen molar-refractivity contribution in [2.24, 2.45) is 11.8 Å². The molecule has 1 saturated carbocycles. The molecule has 8 nitrogen and oxygen atoms in total. The van der Waals surface area contributed by atoms with Crippen LogP contribution in [0, 0.1) is 11.8 Å². The second-order valence-corrected chi connectivity index (χ2v) is 8.97. The van der Waals surface area contributed by atoms with Gasteiger partial charge in [-0.25, -0.2) is 0 Å². The zero-order chi connectivity index (χ0) is 24.2. The number of hydrogen-bond acceptors (Lipinski definition) is 5. The van der Waals surface area contributed by atoms with E-state index in [1.165, 1.54) is 38.3 Å². The standard InChI is InChI=1S/C26H34N4O4/c1-19(17-25(32)29-30-26(33)21-8-5-14-27-18-21)16-24(31)28-22-9-11-23(12-10-22)34-15-13-20-6-3-2-4-7-20/h5,8-12,14,18-20H,2-4,6-7,13,15-17H2,1H3,(H,28,31)(H,29,32)(H,30,33). The first-order chi connectivity index (χ1) is 16.5. The monoisotopic (exact) mass is 466 g/mol. The number of hydrogen-bond donors (Lipinski definition) is 3. The number of nitrogens with zero attached hydrogens (tertiary/aromatic N) is 1. The number of aromatic nitrogens is 1. The molecule has 0 spiro atoms. The molecule has 182 valence electrons. The topological polar surface area (TPSA) is 109 Å². The van der Waals surface area contributed by atoms with Crippen molar-refractivity contribution in [1.82, 2.24) is 15.8 Å². The fourth-order valence-electron chi connectivity index (χ4n) is 4.12.